The molecule has 0 aromatic heterocycles. The van der Waals surface area contributed by atoms with Gasteiger partial charge in [0, 0.05) is 19.0 Å². The fourth-order valence-electron chi connectivity index (χ4n) is 3.81. The molecule has 128 valence electrons. The summed E-state index contributed by atoms with van der Waals surface area (Å²) in [7, 11) is 0. The highest BCUT2D eigenvalue weighted by molar-refractivity contribution is 5.83. The number of carbonyl (C=O) groups excluding carboxylic acids is 2. The Morgan fingerprint density at radius 2 is 1.75 bits per heavy atom. The van der Waals surface area contributed by atoms with Gasteiger partial charge < -0.3 is 10.2 Å². The second kappa shape index (κ2) is 6.58. The minimum absolute atomic E-state index is 0.0496. The first-order chi connectivity index (χ1) is 11.7. The van der Waals surface area contributed by atoms with E-state index >= 15 is 0 Å². The van der Waals surface area contributed by atoms with Crippen molar-refractivity contribution >= 4 is 11.8 Å². The van der Waals surface area contributed by atoms with Crippen LogP contribution in [0.1, 0.15) is 50.1 Å². The number of hydrogen-bond donors (Lipinski definition) is 1. The minimum Gasteiger partial charge on any atom is -0.349 e. The predicted molar refractivity (Wildman–Crippen MR) is 92.1 cm³/mol. The minimum atomic E-state index is -0.0496. The van der Waals surface area contributed by atoms with E-state index in [2.05, 4.69) is 17.4 Å². The van der Waals surface area contributed by atoms with Gasteiger partial charge in [0.15, 0.2) is 0 Å². The van der Waals surface area contributed by atoms with Gasteiger partial charge in [-0.3, -0.25) is 9.59 Å². The maximum atomic E-state index is 12.8. The monoisotopic (exact) mass is 326 g/mol. The predicted octanol–water partition coefficient (Wildman–Crippen LogP) is 2.90. The molecule has 4 heteroatoms. The van der Waals surface area contributed by atoms with Crippen LogP contribution in [0.4, 0.5) is 0 Å². The van der Waals surface area contributed by atoms with Gasteiger partial charge in [-0.1, -0.05) is 30.3 Å². The van der Waals surface area contributed by atoms with Crippen molar-refractivity contribution in [2.24, 2.45) is 17.8 Å². The van der Waals surface area contributed by atoms with Gasteiger partial charge in [-0.2, -0.15) is 0 Å². The van der Waals surface area contributed by atoms with Crippen molar-refractivity contribution in [1.29, 1.82) is 0 Å². The average molecular weight is 326 g/mol. The highest BCUT2D eigenvalue weighted by atomic mass is 16.2. The molecule has 1 N–H and O–H groups in total. The van der Waals surface area contributed by atoms with Gasteiger partial charge in [0.05, 0.1) is 12.0 Å². The SMILES string of the molecule is O=C(N[C@@H](c1ccccc1)C1CC1)[C@H]1CCCN(C(=O)C2CC2)C1. The van der Waals surface area contributed by atoms with Crippen LogP contribution < -0.4 is 5.32 Å². The van der Waals surface area contributed by atoms with E-state index < -0.39 is 0 Å². The molecule has 0 unspecified atom stereocenters. The Bertz CT molecular complexity index is 607. The van der Waals surface area contributed by atoms with E-state index in [1.165, 1.54) is 18.4 Å². The van der Waals surface area contributed by atoms with Gasteiger partial charge in [-0.05, 0) is 50.0 Å². The summed E-state index contributed by atoms with van der Waals surface area (Å²) in [4.78, 5) is 27.0. The van der Waals surface area contributed by atoms with E-state index in [4.69, 9.17) is 0 Å². The van der Waals surface area contributed by atoms with Crippen molar-refractivity contribution in [1.82, 2.24) is 10.2 Å². The quantitative estimate of drug-likeness (QED) is 0.904. The van der Waals surface area contributed by atoms with Crippen molar-refractivity contribution < 1.29 is 9.59 Å². The normalized spacial score (nSPS) is 25.2. The van der Waals surface area contributed by atoms with Gasteiger partial charge in [0.25, 0.3) is 0 Å². The first-order valence-electron chi connectivity index (χ1n) is 9.36. The Morgan fingerprint density at radius 3 is 2.42 bits per heavy atom. The van der Waals surface area contributed by atoms with Crippen LogP contribution in [0, 0.1) is 17.8 Å². The zero-order valence-corrected chi connectivity index (χ0v) is 14.1. The van der Waals surface area contributed by atoms with Crippen LogP contribution in [-0.4, -0.2) is 29.8 Å². The van der Waals surface area contributed by atoms with E-state index in [9.17, 15) is 9.59 Å². The smallest absolute Gasteiger partial charge is 0.225 e. The number of nitrogens with zero attached hydrogens (tertiary/aromatic N) is 1. The highest BCUT2D eigenvalue weighted by Gasteiger charge is 2.38. The lowest BCUT2D eigenvalue weighted by atomic mass is 9.95. The molecular formula is C20H26N2O2. The summed E-state index contributed by atoms with van der Waals surface area (Å²) < 4.78 is 0. The maximum absolute atomic E-state index is 12.8. The molecule has 2 amide bonds. The van der Waals surface area contributed by atoms with Crippen molar-refractivity contribution in [2.45, 2.75) is 44.6 Å². The molecule has 4 nitrogen and oxygen atoms in total. The van der Waals surface area contributed by atoms with Crippen molar-refractivity contribution in [3.8, 4) is 0 Å². The highest BCUT2D eigenvalue weighted by Crippen LogP contribution is 2.41. The Hall–Kier alpha value is -1.84. The van der Waals surface area contributed by atoms with Crippen LogP contribution in [0.2, 0.25) is 0 Å². The summed E-state index contributed by atoms with van der Waals surface area (Å²) >= 11 is 0. The van der Waals surface area contributed by atoms with Gasteiger partial charge in [0.1, 0.15) is 0 Å². The molecular weight excluding hydrogens is 300 g/mol. The number of nitrogens with one attached hydrogen (secondary N) is 1. The number of piperidine rings is 1. The molecule has 0 spiro atoms. The zero-order chi connectivity index (χ0) is 16.5. The molecule has 2 atom stereocenters. The standard InChI is InChI=1S/C20H26N2O2/c23-19(17-7-4-12-22(13-17)20(24)16-10-11-16)21-18(15-8-9-15)14-5-2-1-3-6-14/h1-3,5-6,15-18H,4,7-13H2,(H,21,23)/t17-,18-/m0/s1. The van der Waals surface area contributed by atoms with E-state index in [-0.39, 0.29) is 29.7 Å². The number of benzene rings is 1. The van der Waals surface area contributed by atoms with Gasteiger partial charge in [-0.15, -0.1) is 0 Å². The molecule has 1 aromatic rings. The number of amides is 2. The fourth-order valence-corrected chi connectivity index (χ4v) is 3.81. The topological polar surface area (TPSA) is 49.4 Å². The van der Waals surface area contributed by atoms with Crippen LogP contribution in [0.5, 0.6) is 0 Å². The molecule has 1 aliphatic heterocycles. The zero-order valence-electron chi connectivity index (χ0n) is 14.1. The third kappa shape index (κ3) is 3.47. The second-order valence-corrected chi connectivity index (χ2v) is 7.63. The number of hydrogen-bond acceptors (Lipinski definition) is 2. The summed E-state index contributed by atoms with van der Waals surface area (Å²) in [6, 6.07) is 10.4. The molecule has 3 fully saturated rings. The van der Waals surface area contributed by atoms with Crippen molar-refractivity contribution in [3.05, 3.63) is 35.9 Å². The first kappa shape index (κ1) is 15.7. The molecule has 1 heterocycles. The maximum Gasteiger partial charge on any atom is 0.225 e. The van der Waals surface area contributed by atoms with E-state index in [1.54, 1.807) is 0 Å². The molecule has 2 saturated carbocycles. The Kier molecular flexibility index (Phi) is 4.30. The Morgan fingerprint density at radius 1 is 1.00 bits per heavy atom. The lowest BCUT2D eigenvalue weighted by Crippen LogP contribution is -2.46. The summed E-state index contributed by atoms with van der Waals surface area (Å²) in [6.07, 6.45) is 6.28. The molecule has 1 saturated heterocycles. The van der Waals surface area contributed by atoms with Gasteiger partial charge >= 0.3 is 0 Å². The van der Waals surface area contributed by atoms with E-state index in [0.717, 1.165) is 32.2 Å². The summed E-state index contributed by atoms with van der Waals surface area (Å²) in [5.74, 6) is 1.17. The summed E-state index contributed by atoms with van der Waals surface area (Å²) in [6.45, 7) is 1.43. The van der Waals surface area contributed by atoms with Crippen LogP contribution in [-0.2, 0) is 9.59 Å². The molecule has 1 aromatic carbocycles. The lowest BCUT2D eigenvalue weighted by Gasteiger charge is -2.33. The number of rotatable bonds is 5. The third-order valence-corrected chi connectivity index (χ3v) is 5.58. The molecule has 24 heavy (non-hydrogen) atoms. The summed E-state index contributed by atoms with van der Waals surface area (Å²) in [5, 5.41) is 3.29. The average Bonchev–Trinajstić information content (AvgIpc) is 3.51. The van der Waals surface area contributed by atoms with E-state index in [1.807, 2.05) is 23.1 Å². The van der Waals surface area contributed by atoms with Crippen molar-refractivity contribution in [2.75, 3.05) is 13.1 Å². The molecule has 0 bridgehead atoms. The molecule has 0 radical (unpaired) electrons. The lowest BCUT2D eigenvalue weighted by molar-refractivity contribution is -0.137. The first-order valence-corrected chi connectivity index (χ1v) is 9.36. The number of carbonyl (C=O) groups is 2. The van der Waals surface area contributed by atoms with E-state index in [0.29, 0.717) is 12.5 Å². The summed E-state index contributed by atoms with van der Waals surface area (Å²) in [5.41, 5.74) is 1.20. The van der Waals surface area contributed by atoms with Gasteiger partial charge in [-0.25, -0.2) is 0 Å². The largest absolute Gasteiger partial charge is 0.349 e. The molecule has 4 rings (SSSR count). The molecule has 3 aliphatic rings. The van der Waals surface area contributed by atoms with Crippen LogP contribution in [0.25, 0.3) is 0 Å². The van der Waals surface area contributed by atoms with Crippen molar-refractivity contribution in [3.63, 3.8) is 0 Å². The Labute approximate surface area is 143 Å². The molecule has 2 aliphatic carbocycles. The van der Waals surface area contributed by atoms with Crippen LogP contribution >= 0.6 is 0 Å². The fraction of sp³-hybridized carbons (Fsp3) is 0.600. The second-order valence-electron chi connectivity index (χ2n) is 7.63. The third-order valence-electron chi connectivity index (χ3n) is 5.58. The van der Waals surface area contributed by atoms with Gasteiger partial charge in [0.2, 0.25) is 11.8 Å². The van der Waals surface area contributed by atoms with Crippen LogP contribution in [0.3, 0.4) is 0 Å². The Balaban J connectivity index is 1.40. The van der Waals surface area contributed by atoms with Crippen LogP contribution in [0.15, 0.2) is 30.3 Å². The number of likely N-dealkylation sites (tertiary alicyclic amines) is 1.